The SMILES string of the molecule is O=C(Nc1cc([N+](=O)[O-])ccc1F)c1ccc(Br)cn1. The molecule has 0 radical (unpaired) electrons. The molecule has 0 aliphatic heterocycles. The second kappa shape index (κ2) is 5.74. The number of carbonyl (C=O) groups is 1. The molecule has 0 spiro atoms. The van der Waals surface area contributed by atoms with Gasteiger partial charge in [-0.15, -0.1) is 0 Å². The molecule has 0 aliphatic rings. The highest BCUT2D eigenvalue weighted by atomic mass is 79.9. The predicted octanol–water partition coefficient (Wildman–Crippen LogP) is 3.14. The number of aromatic nitrogens is 1. The number of nitrogens with one attached hydrogen (secondary N) is 1. The second-order valence-electron chi connectivity index (χ2n) is 3.74. The lowest BCUT2D eigenvalue weighted by atomic mass is 10.2. The average molecular weight is 340 g/mol. The Morgan fingerprint density at radius 1 is 1.35 bits per heavy atom. The lowest BCUT2D eigenvalue weighted by Crippen LogP contribution is -2.14. The fraction of sp³-hybridized carbons (Fsp3) is 0. The lowest BCUT2D eigenvalue weighted by molar-refractivity contribution is -0.384. The number of non-ortho nitro benzene ring substituents is 1. The molecule has 1 heterocycles. The van der Waals surface area contributed by atoms with Crippen molar-refractivity contribution in [1.82, 2.24) is 4.98 Å². The summed E-state index contributed by atoms with van der Waals surface area (Å²) in [5, 5.41) is 12.9. The molecule has 1 aromatic heterocycles. The van der Waals surface area contributed by atoms with Crippen molar-refractivity contribution in [2.75, 3.05) is 5.32 Å². The summed E-state index contributed by atoms with van der Waals surface area (Å²) < 4.78 is 14.2. The van der Waals surface area contributed by atoms with Gasteiger partial charge >= 0.3 is 0 Å². The van der Waals surface area contributed by atoms with E-state index in [4.69, 9.17) is 0 Å². The van der Waals surface area contributed by atoms with Gasteiger partial charge in [0.05, 0.1) is 10.6 Å². The van der Waals surface area contributed by atoms with Gasteiger partial charge in [-0.05, 0) is 34.1 Å². The van der Waals surface area contributed by atoms with Crippen LogP contribution >= 0.6 is 15.9 Å². The van der Waals surface area contributed by atoms with E-state index >= 15 is 0 Å². The molecule has 0 aliphatic carbocycles. The van der Waals surface area contributed by atoms with E-state index in [1.165, 1.54) is 12.3 Å². The smallest absolute Gasteiger partial charge is 0.274 e. The van der Waals surface area contributed by atoms with Crippen molar-refractivity contribution in [3.63, 3.8) is 0 Å². The van der Waals surface area contributed by atoms with E-state index in [2.05, 4.69) is 26.2 Å². The van der Waals surface area contributed by atoms with Crippen LogP contribution in [0.3, 0.4) is 0 Å². The average Bonchev–Trinajstić information content (AvgIpc) is 2.41. The van der Waals surface area contributed by atoms with E-state index in [0.717, 1.165) is 18.2 Å². The summed E-state index contributed by atoms with van der Waals surface area (Å²) in [6.45, 7) is 0. The Bertz CT molecular complexity index is 676. The summed E-state index contributed by atoms with van der Waals surface area (Å²) in [6.07, 6.45) is 1.42. The van der Waals surface area contributed by atoms with Gasteiger partial charge in [0.25, 0.3) is 11.6 Å². The van der Waals surface area contributed by atoms with E-state index < -0.39 is 16.6 Å². The van der Waals surface area contributed by atoms with E-state index in [-0.39, 0.29) is 17.1 Å². The zero-order chi connectivity index (χ0) is 14.7. The number of benzene rings is 1. The third kappa shape index (κ3) is 3.15. The fourth-order valence-corrected chi connectivity index (χ4v) is 1.65. The molecule has 20 heavy (non-hydrogen) atoms. The number of anilines is 1. The summed E-state index contributed by atoms with van der Waals surface area (Å²) in [6, 6.07) is 5.93. The predicted molar refractivity (Wildman–Crippen MR) is 72.9 cm³/mol. The zero-order valence-corrected chi connectivity index (χ0v) is 11.4. The summed E-state index contributed by atoms with van der Waals surface area (Å²) in [7, 11) is 0. The number of hydrogen-bond donors (Lipinski definition) is 1. The Morgan fingerprint density at radius 3 is 2.70 bits per heavy atom. The summed E-state index contributed by atoms with van der Waals surface area (Å²) >= 11 is 3.17. The first-order valence-corrected chi connectivity index (χ1v) is 6.13. The molecular weight excluding hydrogens is 333 g/mol. The number of amides is 1. The van der Waals surface area contributed by atoms with Crippen molar-refractivity contribution in [3.8, 4) is 0 Å². The van der Waals surface area contributed by atoms with E-state index in [0.29, 0.717) is 4.47 Å². The number of nitro groups is 1. The highest BCUT2D eigenvalue weighted by Crippen LogP contribution is 2.21. The van der Waals surface area contributed by atoms with Crippen molar-refractivity contribution in [2.24, 2.45) is 0 Å². The van der Waals surface area contributed by atoms with Gasteiger partial charge in [-0.2, -0.15) is 0 Å². The standard InChI is InChI=1S/C12H7BrFN3O3/c13-7-1-4-10(15-6-7)12(18)16-11-5-8(17(19)20)2-3-9(11)14/h1-6H,(H,16,18). The second-order valence-corrected chi connectivity index (χ2v) is 4.65. The number of pyridine rings is 1. The van der Waals surface area contributed by atoms with Gasteiger partial charge in [0.15, 0.2) is 0 Å². The Hall–Kier alpha value is -2.35. The maximum absolute atomic E-state index is 13.5. The van der Waals surface area contributed by atoms with Crippen LogP contribution in [-0.4, -0.2) is 15.8 Å². The number of hydrogen-bond acceptors (Lipinski definition) is 4. The first-order chi connectivity index (χ1) is 9.47. The topological polar surface area (TPSA) is 85.1 Å². The van der Waals surface area contributed by atoms with Crippen LogP contribution in [0, 0.1) is 15.9 Å². The van der Waals surface area contributed by atoms with Gasteiger partial charge in [0.1, 0.15) is 11.5 Å². The molecule has 1 N–H and O–H groups in total. The van der Waals surface area contributed by atoms with E-state index in [9.17, 15) is 19.3 Å². The minimum absolute atomic E-state index is 0.0686. The van der Waals surface area contributed by atoms with Crippen LogP contribution in [0.15, 0.2) is 41.0 Å². The first kappa shape index (κ1) is 14.1. The van der Waals surface area contributed by atoms with Crippen molar-refractivity contribution in [2.45, 2.75) is 0 Å². The molecule has 8 heteroatoms. The molecular formula is C12H7BrFN3O3. The molecule has 6 nitrogen and oxygen atoms in total. The molecule has 102 valence electrons. The Balaban J connectivity index is 2.25. The van der Waals surface area contributed by atoms with Crippen molar-refractivity contribution < 1.29 is 14.1 Å². The number of nitro benzene ring substituents is 1. The highest BCUT2D eigenvalue weighted by molar-refractivity contribution is 9.10. The van der Waals surface area contributed by atoms with Gasteiger partial charge in [-0.3, -0.25) is 14.9 Å². The van der Waals surface area contributed by atoms with Crippen molar-refractivity contribution in [1.29, 1.82) is 0 Å². The summed E-state index contributed by atoms with van der Waals surface area (Å²) in [4.78, 5) is 25.6. The largest absolute Gasteiger partial charge is 0.318 e. The molecule has 1 aromatic carbocycles. The third-order valence-corrected chi connectivity index (χ3v) is 2.84. The quantitative estimate of drug-likeness (QED) is 0.687. The molecule has 0 bridgehead atoms. The summed E-state index contributed by atoms with van der Waals surface area (Å²) in [5.41, 5.74) is -0.515. The van der Waals surface area contributed by atoms with E-state index in [1.54, 1.807) is 6.07 Å². The molecule has 0 saturated carbocycles. The maximum Gasteiger partial charge on any atom is 0.274 e. The fourth-order valence-electron chi connectivity index (χ4n) is 1.42. The number of nitrogens with zero attached hydrogens (tertiary/aromatic N) is 2. The van der Waals surface area contributed by atoms with Crippen LogP contribution in [0.2, 0.25) is 0 Å². The van der Waals surface area contributed by atoms with Crippen LogP contribution in [0.4, 0.5) is 15.8 Å². The highest BCUT2D eigenvalue weighted by Gasteiger charge is 2.14. The molecule has 0 unspecified atom stereocenters. The van der Waals surface area contributed by atoms with Gasteiger partial charge in [0, 0.05) is 22.8 Å². The van der Waals surface area contributed by atoms with Crippen LogP contribution in [-0.2, 0) is 0 Å². The number of halogens is 2. The maximum atomic E-state index is 13.5. The van der Waals surface area contributed by atoms with Gasteiger partial charge in [-0.1, -0.05) is 0 Å². The Morgan fingerprint density at radius 2 is 2.10 bits per heavy atom. The first-order valence-electron chi connectivity index (χ1n) is 5.34. The minimum Gasteiger partial charge on any atom is -0.318 e. The zero-order valence-electron chi connectivity index (χ0n) is 9.84. The van der Waals surface area contributed by atoms with Crippen LogP contribution in [0.5, 0.6) is 0 Å². The third-order valence-electron chi connectivity index (χ3n) is 2.37. The van der Waals surface area contributed by atoms with Gasteiger partial charge in [-0.25, -0.2) is 9.37 Å². The van der Waals surface area contributed by atoms with Gasteiger partial charge in [0.2, 0.25) is 0 Å². The lowest BCUT2D eigenvalue weighted by Gasteiger charge is -2.05. The number of rotatable bonds is 3. The molecule has 1 amide bonds. The normalized spacial score (nSPS) is 10.1. The number of carbonyl (C=O) groups excluding carboxylic acids is 1. The van der Waals surface area contributed by atoms with Crippen molar-refractivity contribution in [3.05, 3.63) is 62.6 Å². The molecule has 0 fully saturated rings. The Labute approximate surface area is 120 Å². The summed E-state index contributed by atoms with van der Waals surface area (Å²) in [5.74, 6) is -1.42. The van der Waals surface area contributed by atoms with Crippen molar-refractivity contribution >= 4 is 33.2 Å². The van der Waals surface area contributed by atoms with Crippen LogP contribution in [0.25, 0.3) is 0 Å². The molecule has 2 rings (SSSR count). The minimum atomic E-state index is -0.763. The van der Waals surface area contributed by atoms with E-state index in [1.807, 2.05) is 0 Å². The molecule has 0 saturated heterocycles. The van der Waals surface area contributed by atoms with Gasteiger partial charge < -0.3 is 5.32 Å². The molecule has 0 atom stereocenters. The monoisotopic (exact) mass is 339 g/mol. The van der Waals surface area contributed by atoms with Crippen LogP contribution in [0.1, 0.15) is 10.5 Å². The van der Waals surface area contributed by atoms with Crippen LogP contribution < -0.4 is 5.32 Å². The molecule has 2 aromatic rings. The Kier molecular flexibility index (Phi) is 4.04.